The van der Waals surface area contributed by atoms with Gasteiger partial charge in [-0.05, 0) is 6.42 Å². The zero-order valence-corrected chi connectivity index (χ0v) is 9.79. The van der Waals surface area contributed by atoms with Crippen LogP contribution in [0.25, 0.3) is 0 Å². The Balaban J connectivity index is 2.95. The molecule has 0 aromatic carbocycles. The van der Waals surface area contributed by atoms with Crippen LogP contribution in [-0.2, 0) is 19.0 Å². The van der Waals surface area contributed by atoms with E-state index in [-0.39, 0.29) is 0 Å². The number of hydrogen-bond donors (Lipinski definition) is 0. The van der Waals surface area contributed by atoms with E-state index in [2.05, 4.69) is 0 Å². The van der Waals surface area contributed by atoms with Gasteiger partial charge in [-0.3, -0.25) is 4.79 Å². The fourth-order valence-electron chi connectivity index (χ4n) is 1.01. The third-order valence-electron chi connectivity index (χ3n) is 1.94. The number of Topliss-reactive ketones (excluding diaryl/α,β-unsaturated/α-hetero) is 1. The standard InChI is InChI=1S/C11H22O4/c1-3-11(12)5-4-6-14-9-10-15-8-7-13-2/h3-10H2,1-2H3. The monoisotopic (exact) mass is 218 g/mol. The predicted octanol–water partition coefficient (Wildman–Crippen LogP) is 1.43. The van der Waals surface area contributed by atoms with Crippen LogP contribution in [0.5, 0.6) is 0 Å². The molecule has 0 fully saturated rings. The summed E-state index contributed by atoms with van der Waals surface area (Å²) < 4.78 is 15.3. The number of rotatable bonds is 11. The van der Waals surface area contributed by atoms with Crippen molar-refractivity contribution in [3.8, 4) is 0 Å². The van der Waals surface area contributed by atoms with E-state index in [1.165, 1.54) is 0 Å². The molecule has 15 heavy (non-hydrogen) atoms. The van der Waals surface area contributed by atoms with Crippen LogP contribution in [0.15, 0.2) is 0 Å². The average molecular weight is 218 g/mol. The smallest absolute Gasteiger partial charge is 0.132 e. The van der Waals surface area contributed by atoms with Crippen molar-refractivity contribution in [3.05, 3.63) is 0 Å². The molecule has 0 radical (unpaired) electrons. The molecule has 0 unspecified atom stereocenters. The van der Waals surface area contributed by atoms with Gasteiger partial charge in [0.1, 0.15) is 5.78 Å². The molecule has 0 saturated carbocycles. The number of methoxy groups -OCH3 is 1. The third-order valence-corrected chi connectivity index (χ3v) is 1.94. The number of ketones is 1. The summed E-state index contributed by atoms with van der Waals surface area (Å²) in [4.78, 5) is 10.9. The molecular formula is C11H22O4. The molecule has 0 saturated heterocycles. The van der Waals surface area contributed by atoms with Crippen LogP contribution in [-0.4, -0.2) is 45.9 Å². The number of carbonyl (C=O) groups is 1. The maximum absolute atomic E-state index is 10.9. The Kier molecular flexibility index (Phi) is 11.3. The van der Waals surface area contributed by atoms with Gasteiger partial charge in [-0.25, -0.2) is 0 Å². The Morgan fingerprint density at radius 3 is 2.20 bits per heavy atom. The van der Waals surface area contributed by atoms with Gasteiger partial charge in [0.25, 0.3) is 0 Å². The van der Waals surface area contributed by atoms with E-state index < -0.39 is 0 Å². The maximum atomic E-state index is 10.9. The summed E-state index contributed by atoms with van der Waals surface area (Å²) in [5, 5.41) is 0. The molecule has 0 aliphatic heterocycles. The summed E-state index contributed by atoms with van der Waals surface area (Å²) in [5.74, 6) is 0.301. The molecule has 0 aromatic rings. The fraction of sp³-hybridized carbons (Fsp3) is 0.909. The summed E-state index contributed by atoms with van der Waals surface area (Å²) in [6, 6.07) is 0. The summed E-state index contributed by atoms with van der Waals surface area (Å²) in [5.41, 5.74) is 0. The van der Waals surface area contributed by atoms with Crippen LogP contribution in [0.4, 0.5) is 0 Å². The fourth-order valence-corrected chi connectivity index (χ4v) is 1.01. The molecular weight excluding hydrogens is 196 g/mol. The van der Waals surface area contributed by atoms with Crippen molar-refractivity contribution in [3.63, 3.8) is 0 Å². The van der Waals surface area contributed by atoms with Gasteiger partial charge in [0.2, 0.25) is 0 Å². The van der Waals surface area contributed by atoms with E-state index in [4.69, 9.17) is 14.2 Å². The van der Waals surface area contributed by atoms with E-state index in [1.807, 2.05) is 6.92 Å². The largest absolute Gasteiger partial charge is 0.382 e. The van der Waals surface area contributed by atoms with E-state index in [0.717, 1.165) is 6.42 Å². The summed E-state index contributed by atoms with van der Waals surface area (Å²) in [6.45, 7) is 4.92. The lowest BCUT2D eigenvalue weighted by Crippen LogP contribution is -2.09. The first kappa shape index (κ1) is 14.6. The van der Waals surface area contributed by atoms with Crippen LogP contribution in [0.2, 0.25) is 0 Å². The normalized spacial score (nSPS) is 10.5. The van der Waals surface area contributed by atoms with Gasteiger partial charge in [-0.1, -0.05) is 6.92 Å². The first-order valence-electron chi connectivity index (χ1n) is 5.47. The summed E-state index contributed by atoms with van der Waals surface area (Å²) in [7, 11) is 1.64. The molecule has 4 heteroatoms. The SMILES string of the molecule is CCC(=O)CCCOCCOCCOC. The minimum absolute atomic E-state index is 0.301. The second kappa shape index (κ2) is 11.6. The highest BCUT2D eigenvalue weighted by molar-refractivity contribution is 5.77. The highest BCUT2D eigenvalue weighted by Gasteiger charge is 1.97. The molecule has 0 atom stereocenters. The van der Waals surface area contributed by atoms with Crippen molar-refractivity contribution in [2.75, 3.05) is 40.1 Å². The third kappa shape index (κ3) is 11.5. The highest BCUT2D eigenvalue weighted by atomic mass is 16.5. The molecule has 0 heterocycles. The van der Waals surface area contributed by atoms with E-state index in [1.54, 1.807) is 7.11 Å². The molecule has 0 aromatic heterocycles. The molecule has 0 rings (SSSR count). The quantitative estimate of drug-likeness (QED) is 0.492. The van der Waals surface area contributed by atoms with Gasteiger partial charge in [0.05, 0.1) is 26.4 Å². The van der Waals surface area contributed by atoms with Crippen molar-refractivity contribution < 1.29 is 19.0 Å². The lowest BCUT2D eigenvalue weighted by molar-refractivity contribution is -0.119. The Labute approximate surface area is 91.9 Å². The molecule has 0 N–H and O–H groups in total. The lowest BCUT2D eigenvalue weighted by atomic mass is 10.2. The average Bonchev–Trinajstić information content (AvgIpc) is 2.26. The molecule has 0 aliphatic carbocycles. The minimum Gasteiger partial charge on any atom is -0.382 e. The first-order chi connectivity index (χ1) is 7.31. The van der Waals surface area contributed by atoms with Gasteiger partial charge < -0.3 is 14.2 Å². The number of carbonyl (C=O) groups excluding carboxylic acids is 1. The lowest BCUT2D eigenvalue weighted by Gasteiger charge is -2.04. The molecule has 0 amide bonds. The van der Waals surface area contributed by atoms with Gasteiger partial charge >= 0.3 is 0 Å². The molecule has 0 aliphatic rings. The van der Waals surface area contributed by atoms with Crippen LogP contribution in [0.3, 0.4) is 0 Å². The van der Waals surface area contributed by atoms with E-state index in [9.17, 15) is 4.79 Å². The molecule has 0 bridgehead atoms. The van der Waals surface area contributed by atoms with E-state index >= 15 is 0 Å². The van der Waals surface area contributed by atoms with Gasteiger partial charge in [-0.2, -0.15) is 0 Å². The van der Waals surface area contributed by atoms with Crippen LogP contribution in [0.1, 0.15) is 26.2 Å². The van der Waals surface area contributed by atoms with Crippen LogP contribution in [0, 0.1) is 0 Å². The second-order valence-electron chi connectivity index (χ2n) is 3.21. The Morgan fingerprint density at radius 1 is 1.00 bits per heavy atom. The Bertz CT molecular complexity index is 148. The van der Waals surface area contributed by atoms with Crippen molar-refractivity contribution >= 4 is 5.78 Å². The predicted molar refractivity (Wildman–Crippen MR) is 58.0 cm³/mol. The Hall–Kier alpha value is -0.450. The molecule has 90 valence electrons. The number of ether oxygens (including phenoxy) is 3. The van der Waals surface area contributed by atoms with E-state index in [0.29, 0.717) is 51.7 Å². The van der Waals surface area contributed by atoms with Gasteiger partial charge in [-0.15, -0.1) is 0 Å². The topological polar surface area (TPSA) is 44.8 Å². The second-order valence-corrected chi connectivity index (χ2v) is 3.21. The Morgan fingerprint density at radius 2 is 1.60 bits per heavy atom. The van der Waals surface area contributed by atoms with Crippen LogP contribution < -0.4 is 0 Å². The van der Waals surface area contributed by atoms with Gasteiger partial charge in [0.15, 0.2) is 0 Å². The van der Waals surface area contributed by atoms with Crippen molar-refractivity contribution in [1.29, 1.82) is 0 Å². The van der Waals surface area contributed by atoms with Crippen molar-refractivity contribution in [2.45, 2.75) is 26.2 Å². The van der Waals surface area contributed by atoms with Crippen molar-refractivity contribution in [1.82, 2.24) is 0 Å². The van der Waals surface area contributed by atoms with Crippen LogP contribution >= 0.6 is 0 Å². The molecule has 0 spiro atoms. The summed E-state index contributed by atoms with van der Waals surface area (Å²) >= 11 is 0. The number of hydrogen-bond acceptors (Lipinski definition) is 4. The zero-order valence-electron chi connectivity index (χ0n) is 9.79. The maximum Gasteiger partial charge on any atom is 0.132 e. The zero-order chi connectivity index (χ0) is 11.4. The first-order valence-corrected chi connectivity index (χ1v) is 5.47. The highest BCUT2D eigenvalue weighted by Crippen LogP contribution is 1.95. The summed E-state index contributed by atoms with van der Waals surface area (Å²) in [6.07, 6.45) is 2.06. The molecule has 4 nitrogen and oxygen atoms in total. The minimum atomic E-state index is 0.301. The van der Waals surface area contributed by atoms with Gasteiger partial charge in [0, 0.05) is 26.6 Å². The van der Waals surface area contributed by atoms with Crippen molar-refractivity contribution in [2.24, 2.45) is 0 Å².